The van der Waals surface area contributed by atoms with Crippen molar-refractivity contribution in [1.29, 1.82) is 0 Å². The summed E-state index contributed by atoms with van der Waals surface area (Å²) >= 11 is 0. The molecule has 0 radical (unpaired) electrons. The van der Waals surface area contributed by atoms with E-state index in [1.54, 1.807) is 0 Å². The highest BCUT2D eigenvalue weighted by Gasteiger charge is 2.39. The van der Waals surface area contributed by atoms with Crippen molar-refractivity contribution >= 4 is 0 Å². The molecular weight excluding hydrogens is 224 g/mol. The third kappa shape index (κ3) is 2.08. The molecule has 1 heterocycles. The molecule has 2 fully saturated rings. The Morgan fingerprint density at radius 1 is 1.41 bits per heavy atom. The van der Waals surface area contributed by atoms with Crippen LogP contribution in [0.4, 0.5) is 8.78 Å². The van der Waals surface area contributed by atoms with Gasteiger partial charge in [-0.2, -0.15) is 8.78 Å². The molecule has 1 aromatic rings. The van der Waals surface area contributed by atoms with Gasteiger partial charge in [-0.15, -0.1) is 0 Å². The summed E-state index contributed by atoms with van der Waals surface area (Å²) in [6.45, 7) is -2.04. The minimum atomic E-state index is -2.49. The minimum absolute atomic E-state index is 0.433. The van der Waals surface area contributed by atoms with E-state index in [0.29, 0.717) is 18.4 Å². The summed E-state index contributed by atoms with van der Waals surface area (Å²) < 4.78 is 26.1. The van der Waals surface area contributed by atoms with Crippen molar-refractivity contribution < 1.29 is 8.78 Å². The molecule has 94 valence electrons. The number of hydrogen-bond donors (Lipinski definition) is 1. The van der Waals surface area contributed by atoms with Crippen molar-refractivity contribution in [2.75, 3.05) is 0 Å². The Kier molecular flexibility index (Phi) is 2.86. The summed E-state index contributed by atoms with van der Waals surface area (Å²) in [4.78, 5) is 3.98. The van der Waals surface area contributed by atoms with Crippen LogP contribution in [-0.2, 0) is 6.54 Å². The van der Waals surface area contributed by atoms with Gasteiger partial charge in [0.25, 0.3) is 0 Å². The van der Waals surface area contributed by atoms with Crippen LogP contribution in [0.25, 0.3) is 0 Å². The SMILES string of the molecule is FC(F)n1ccnc1CNC1CC2CCC1C2. The number of hydrogen-bond acceptors (Lipinski definition) is 2. The van der Waals surface area contributed by atoms with Gasteiger partial charge in [0, 0.05) is 18.4 Å². The molecule has 2 bridgehead atoms. The van der Waals surface area contributed by atoms with Crippen LogP contribution in [0, 0.1) is 11.8 Å². The molecular formula is C12H17F2N3. The van der Waals surface area contributed by atoms with Crippen molar-refractivity contribution in [3.05, 3.63) is 18.2 Å². The van der Waals surface area contributed by atoms with Gasteiger partial charge in [-0.1, -0.05) is 6.42 Å². The average molecular weight is 241 g/mol. The number of rotatable bonds is 4. The van der Waals surface area contributed by atoms with Gasteiger partial charge in [-0.3, -0.25) is 4.57 Å². The second-order valence-corrected chi connectivity index (χ2v) is 5.19. The van der Waals surface area contributed by atoms with E-state index in [-0.39, 0.29) is 0 Å². The zero-order valence-electron chi connectivity index (χ0n) is 9.65. The Labute approximate surface area is 99.2 Å². The number of alkyl halides is 2. The summed E-state index contributed by atoms with van der Waals surface area (Å²) in [5, 5.41) is 3.39. The Bertz CT molecular complexity index is 391. The molecule has 2 aliphatic carbocycles. The van der Waals surface area contributed by atoms with Crippen LogP contribution in [0.1, 0.15) is 38.1 Å². The predicted octanol–water partition coefficient (Wildman–Crippen LogP) is 2.56. The van der Waals surface area contributed by atoms with Crippen molar-refractivity contribution in [2.24, 2.45) is 11.8 Å². The summed E-state index contributed by atoms with van der Waals surface area (Å²) in [7, 11) is 0. The Morgan fingerprint density at radius 3 is 2.94 bits per heavy atom. The maximum absolute atomic E-state index is 12.6. The molecule has 3 rings (SSSR count). The molecule has 5 heteroatoms. The molecule has 1 aromatic heterocycles. The largest absolute Gasteiger partial charge is 0.319 e. The number of imidazole rings is 1. The van der Waals surface area contributed by atoms with E-state index in [1.165, 1.54) is 38.1 Å². The highest BCUT2D eigenvalue weighted by molar-refractivity contribution is 4.97. The number of halogens is 2. The quantitative estimate of drug-likeness (QED) is 0.878. The van der Waals surface area contributed by atoms with Crippen LogP contribution in [0.3, 0.4) is 0 Å². The van der Waals surface area contributed by atoms with Gasteiger partial charge in [0.1, 0.15) is 5.82 Å². The number of nitrogens with zero attached hydrogens (tertiary/aromatic N) is 2. The average Bonchev–Trinajstić information content (AvgIpc) is 3.01. The lowest BCUT2D eigenvalue weighted by molar-refractivity contribution is 0.0663. The highest BCUT2D eigenvalue weighted by atomic mass is 19.3. The summed E-state index contributed by atoms with van der Waals surface area (Å²) in [5.74, 6) is 2.06. The van der Waals surface area contributed by atoms with Gasteiger partial charge in [0.15, 0.2) is 0 Å². The molecule has 0 spiro atoms. The number of aromatic nitrogens is 2. The zero-order valence-corrected chi connectivity index (χ0v) is 9.65. The summed E-state index contributed by atoms with van der Waals surface area (Å²) in [6.07, 6.45) is 7.95. The molecule has 2 aliphatic rings. The van der Waals surface area contributed by atoms with Gasteiger partial charge in [0.2, 0.25) is 0 Å². The van der Waals surface area contributed by atoms with E-state index in [0.717, 1.165) is 16.4 Å². The molecule has 3 nitrogen and oxygen atoms in total. The second-order valence-electron chi connectivity index (χ2n) is 5.19. The van der Waals surface area contributed by atoms with E-state index < -0.39 is 6.55 Å². The van der Waals surface area contributed by atoms with Crippen molar-refractivity contribution in [3.8, 4) is 0 Å². The fourth-order valence-electron chi connectivity index (χ4n) is 3.38. The van der Waals surface area contributed by atoms with Crippen molar-refractivity contribution in [1.82, 2.24) is 14.9 Å². The molecule has 0 aliphatic heterocycles. The Morgan fingerprint density at radius 2 is 2.29 bits per heavy atom. The first-order chi connectivity index (χ1) is 8.24. The third-order valence-corrected chi connectivity index (χ3v) is 4.22. The van der Waals surface area contributed by atoms with Crippen LogP contribution in [0.2, 0.25) is 0 Å². The maximum atomic E-state index is 12.6. The monoisotopic (exact) mass is 241 g/mol. The lowest BCUT2D eigenvalue weighted by Crippen LogP contribution is -2.34. The summed E-state index contributed by atoms with van der Waals surface area (Å²) in [5.41, 5.74) is 0. The molecule has 0 saturated heterocycles. The number of fused-ring (bicyclic) bond motifs is 2. The Balaban J connectivity index is 1.59. The first-order valence-corrected chi connectivity index (χ1v) is 6.27. The standard InChI is InChI=1S/C12H17F2N3/c13-12(14)17-4-3-15-11(17)7-16-10-6-8-1-2-9(10)5-8/h3-4,8-10,12,16H,1-2,5-7H2. The van der Waals surface area contributed by atoms with E-state index in [1.807, 2.05) is 0 Å². The van der Waals surface area contributed by atoms with Crippen molar-refractivity contribution in [2.45, 2.75) is 44.8 Å². The first-order valence-electron chi connectivity index (χ1n) is 6.27. The topological polar surface area (TPSA) is 29.9 Å². The van der Waals surface area contributed by atoms with E-state index in [9.17, 15) is 8.78 Å². The predicted molar refractivity (Wildman–Crippen MR) is 59.6 cm³/mol. The van der Waals surface area contributed by atoms with Gasteiger partial charge in [-0.25, -0.2) is 4.98 Å². The molecule has 0 amide bonds. The second kappa shape index (κ2) is 4.37. The van der Waals surface area contributed by atoms with Gasteiger partial charge in [-0.05, 0) is 31.1 Å². The molecule has 0 aromatic carbocycles. The molecule has 3 atom stereocenters. The fraction of sp³-hybridized carbons (Fsp3) is 0.750. The van der Waals surface area contributed by atoms with Crippen LogP contribution < -0.4 is 5.32 Å². The highest BCUT2D eigenvalue weighted by Crippen LogP contribution is 2.44. The lowest BCUT2D eigenvalue weighted by Gasteiger charge is -2.22. The van der Waals surface area contributed by atoms with Crippen LogP contribution in [0.5, 0.6) is 0 Å². The van der Waals surface area contributed by atoms with Gasteiger partial charge >= 0.3 is 6.55 Å². The minimum Gasteiger partial charge on any atom is -0.307 e. The van der Waals surface area contributed by atoms with Crippen LogP contribution in [0.15, 0.2) is 12.4 Å². The summed E-state index contributed by atoms with van der Waals surface area (Å²) in [6, 6.07) is 0.511. The van der Waals surface area contributed by atoms with Crippen LogP contribution >= 0.6 is 0 Å². The molecule has 3 unspecified atom stereocenters. The first kappa shape index (κ1) is 11.1. The molecule has 17 heavy (non-hydrogen) atoms. The zero-order chi connectivity index (χ0) is 11.8. The lowest BCUT2D eigenvalue weighted by atomic mass is 9.95. The Hall–Kier alpha value is -0.970. The maximum Gasteiger partial charge on any atom is 0.319 e. The number of nitrogens with one attached hydrogen (secondary N) is 1. The van der Waals surface area contributed by atoms with Gasteiger partial charge < -0.3 is 5.32 Å². The van der Waals surface area contributed by atoms with E-state index in [2.05, 4.69) is 10.3 Å². The fourth-order valence-corrected chi connectivity index (χ4v) is 3.38. The van der Waals surface area contributed by atoms with E-state index in [4.69, 9.17) is 0 Å². The van der Waals surface area contributed by atoms with E-state index >= 15 is 0 Å². The van der Waals surface area contributed by atoms with Gasteiger partial charge in [0.05, 0.1) is 6.54 Å². The van der Waals surface area contributed by atoms with Crippen molar-refractivity contribution in [3.63, 3.8) is 0 Å². The molecule has 2 saturated carbocycles. The third-order valence-electron chi connectivity index (χ3n) is 4.22. The normalized spacial score (nSPS) is 31.6. The molecule has 1 N–H and O–H groups in total. The van der Waals surface area contributed by atoms with Crippen LogP contribution in [-0.4, -0.2) is 15.6 Å². The smallest absolute Gasteiger partial charge is 0.307 e.